The number of hydrogen-bond donors (Lipinski definition) is 2. The number of H-pyrrole nitrogens is 1. The van der Waals surface area contributed by atoms with Crippen molar-refractivity contribution in [2.45, 2.75) is 64.3 Å². The first kappa shape index (κ1) is 22.5. The third kappa shape index (κ3) is 3.39. The number of hydrogen-bond acceptors (Lipinski definition) is 4. The molecule has 0 amide bonds. The number of nitrogens with zero attached hydrogens (tertiary/aromatic N) is 2. The van der Waals surface area contributed by atoms with Gasteiger partial charge in [0, 0.05) is 71.7 Å². The van der Waals surface area contributed by atoms with E-state index in [9.17, 15) is 4.79 Å². The highest BCUT2D eigenvalue weighted by Crippen LogP contribution is 2.46. The van der Waals surface area contributed by atoms with Crippen molar-refractivity contribution >= 4 is 28.6 Å². The van der Waals surface area contributed by atoms with Gasteiger partial charge in [0.25, 0.3) is 0 Å². The number of fused-ring (bicyclic) bond motifs is 4. The Labute approximate surface area is 208 Å². The van der Waals surface area contributed by atoms with Crippen molar-refractivity contribution in [1.82, 2.24) is 9.88 Å². The Morgan fingerprint density at radius 3 is 2.46 bits per heavy atom. The van der Waals surface area contributed by atoms with E-state index in [1.807, 2.05) is 18.2 Å². The molecule has 1 saturated carbocycles. The first-order chi connectivity index (χ1) is 16.8. The summed E-state index contributed by atoms with van der Waals surface area (Å²) in [7, 11) is 0. The lowest BCUT2D eigenvalue weighted by atomic mass is 9.70. The molecular weight excluding hydrogens is 432 g/mol. The van der Waals surface area contributed by atoms with Crippen LogP contribution in [0.2, 0.25) is 0 Å². The average Bonchev–Trinajstić information content (AvgIpc) is 3.21. The molecule has 1 aliphatic heterocycles. The standard InChI is InChI=1S/C30H36N4O/c1-18(2)22-15-23-24(16-26(22)34-12-10-33(11-13-34)20-6-5-7-20)30(3,4)29-27(28(23)35)21-9-8-19(17-31)14-25(21)32-29/h8-9,14-18,20,31-32H,5-7,10-13H2,1-4H3. The van der Waals surface area contributed by atoms with Crippen molar-refractivity contribution in [3.05, 3.63) is 63.8 Å². The third-order valence-corrected chi connectivity index (χ3v) is 8.79. The summed E-state index contributed by atoms with van der Waals surface area (Å²) in [6.07, 6.45) is 5.46. The number of aromatic amines is 1. The Morgan fingerprint density at radius 2 is 1.83 bits per heavy atom. The molecule has 0 bridgehead atoms. The van der Waals surface area contributed by atoms with Gasteiger partial charge in [-0.15, -0.1) is 0 Å². The largest absolute Gasteiger partial charge is 0.369 e. The maximum Gasteiger partial charge on any atom is 0.195 e. The fourth-order valence-corrected chi connectivity index (χ4v) is 6.40. The first-order valence-electron chi connectivity index (χ1n) is 13.2. The number of rotatable bonds is 4. The second-order valence-corrected chi connectivity index (χ2v) is 11.5. The zero-order valence-electron chi connectivity index (χ0n) is 21.4. The third-order valence-electron chi connectivity index (χ3n) is 8.79. The Balaban J connectivity index is 1.44. The summed E-state index contributed by atoms with van der Waals surface area (Å²) in [6.45, 7) is 13.3. The zero-order valence-corrected chi connectivity index (χ0v) is 21.4. The summed E-state index contributed by atoms with van der Waals surface area (Å²) in [5.74, 6) is 0.460. The topological polar surface area (TPSA) is 63.2 Å². The van der Waals surface area contributed by atoms with E-state index in [1.165, 1.54) is 36.7 Å². The summed E-state index contributed by atoms with van der Waals surface area (Å²) < 4.78 is 0. The maximum atomic E-state index is 14.0. The molecule has 2 aliphatic carbocycles. The number of aromatic nitrogens is 1. The molecule has 0 radical (unpaired) electrons. The van der Waals surface area contributed by atoms with Crippen LogP contribution in [0.15, 0.2) is 30.3 Å². The van der Waals surface area contributed by atoms with Crippen LogP contribution in [0.3, 0.4) is 0 Å². The van der Waals surface area contributed by atoms with Crippen LogP contribution in [0.4, 0.5) is 5.69 Å². The summed E-state index contributed by atoms with van der Waals surface area (Å²) in [5.41, 5.74) is 7.79. The smallest absolute Gasteiger partial charge is 0.195 e. The molecule has 6 rings (SSSR count). The fraction of sp³-hybridized carbons (Fsp3) is 0.467. The van der Waals surface area contributed by atoms with Gasteiger partial charge in [0.15, 0.2) is 5.78 Å². The molecule has 5 nitrogen and oxygen atoms in total. The molecule has 1 aromatic heterocycles. The second kappa shape index (κ2) is 8.06. The van der Waals surface area contributed by atoms with Gasteiger partial charge >= 0.3 is 0 Å². The van der Waals surface area contributed by atoms with Gasteiger partial charge in [0.05, 0.1) is 5.56 Å². The van der Waals surface area contributed by atoms with Crippen LogP contribution in [-0.4, -0.2) is 54.1 Å². The van der Waals surface area contributed by atoms with Crippen molar-refractivity contribution in [2.75, 3.05) is 31.1 Å². The number of carbonyl (C=O) groups excluding carboxylic acids is 1. The minimum atomic E-state index is -0.319. The molecule has 5 heteroatoms. The molecule has 0 spiro atoms. The molecule has 35 heavy (non-hydrogen) atoms. The number of ketones is 1. The van der Waals surface area contributed by atoms with Gasteiger partial charge < -0.3 is 15.3 Å². The highest BCUT2D eigenvalue weighted by Gasteiger charge is 2.41. The summed E-state index contributed by atoms with van der Waals surface area (Å²) >= 11 is 0. The minimum absolute atomic E-state index is 0.117. The molecule has 2 heterocycles. The quantitative estimate of drug-likeness (QED) is 0.473. The minimum Gasteiger partial charge on any atom is -0.369 e. The normalized spacial score (nSPS) is 20.1. The van der Waals surface area contributed by atoms with Gasteiger partial charge in [-0.2, -0.15) is 0 Å². The molecule has 3 aliphatic rings. The molecule has 2 fully saturated rings. The number of carbonyl (C=O) groups is 1. The van der Waals surface area contributed by atoms with E-state index in [2.05, 4.69) is 54.6 Å². The highest BCUT2D eigenvalue weighted by atomic mass is 16.1. The van der Waals surface area contributed by atoms with Crippen LogP contribution in [0.1, 0.15) is 91.2 Å². The van der Waals surface area contributed by atoms with E-state index in [0.29, 0.717) is 5.92 Å². The van der Waals surface area contributed by atoms with Crippen molar-refractivity contribution < 1.29 is 4.79 Å². The lowest BCUT2D eigenvalue weighted by molar-refractivity contribution is 0.103. The second-order valence-electron chi connectivity index (χ2n) is 11.5. The molecule has 3 aromatic rings. The van der Waals surface area contributed by atoms with Crippen LogP contribution in [0, 0.1) is 5.41 Å². The van der Waals surface area contributed by atoms with Gasteiger partial charge in [-0.3, -0.25) is 9.69 Å². The van der Waals surface area contributed by atoms with Gasteiger partial charge in [0.1, 0.15) is 0 Å². The Bertz CT molecular complexity index is 1340. The van der Waals surface area contributed by atoms with Gasteiger partial charge in [-0.25, -0.2) is 0 Å². The Morgan fingerprint density at radius 1 is 1.09 bits per heavy atom. The van der Waals surface area contributed by atoms with E-state index in [-0.39, 0.29) is 11.2 Å². The van der Waals surface area contributed by atoms with Crippen molar-refractivity contribution in [3.63, 3.8) is 0 Å². The maximum absolute atomic E-state index is 14.0. The lowest BCUT2D eigenvalue weighted by Gasteiger charge is -2.44. The Kier molecular flexibility index (Phi) is 5.19. The fourth-order valence-electron chi connectivity index (χ4n) is 6.40. The van der Waals surface area contributed by atoms with Crippen molar-refractivity contribution in [3.8, 4) is 0 Å². The summed E-state index contributed by atoms with van der Waals surface area (Å²) in [6, 6.07) is 11.2. The molecule has 0 atom stereocenters. The van der Waals surface area contributed by atoms with Gasteiger partial charge in [-0.05, 0) is 53.6 Å². The van der Waals surface area contributed by atoms with E-state index < -0.39 is 0 Å². The number of benzene rings is 2. The van der Waals surface area contributed by atoms with Crippen molar-refractivity contribution in [1.29, 1.82) is 5.41 Å². The SMILES string of the molecule is CC(C)c1cc2c(cc1N1CCN(C3CCC3)CC1)C(C)(C)c1[nH]c3cc(C=N)ccc3c1C2=O. The zero-order chi connectivity index (χ0) is 24.5. The molecule has 2 aromatic carbocycles. The molecular formula is C30H36N4O. The van der Waals surface area contributed by atoms with Crippen LogP contribution in [-0.2, 0) is 5.41 Å². The predicted octanol–water partition coefficient (Wildman–Crippen LogP) is 5.83. The molecule has 2 N–H and O–H groups in total. The van der Waals surface area contributed by atoms with E-state index in [1.54, 1.807) is 0 Å². The van der Waals surface area contributed by atoms with Crippen LogP contribution in [0.5, 0.6) is 0 Å². The monoisotopic (exact) mass is 468 g/mol. The Hall–Kier alpha value is -2.92. The molecule has 1 saturated heterocycles. The van der Waals surface area contributed by atoms with Gasteiger partial charge in [0.2, 0.25) is 0 Å². The number of piperazine rings is 1. The predicted molar refractivity (Wildman–Crippen MR) is 144 cm³/mol. The average molecular weight is 469 g/mol. The molecule has 0 unspecified atom stereocenters. The van der Waals surface area contributed by atoms with Crippen LogP contribution >= 0.6 is 0 Å². The van der Waals surface area contributed by atoms with E-state index in [4.69, 9.17) is 5.41 Å². The van der Waals surface area contributed by atoms with Crippen molar-refractivity contribution in [2.24, 2.45) is 0 Å². The van der Waals surface area contributed by atoms with E-state index >= 15 is 0 Å². The number of nitrogens with one attached hydrogen (secondary N) is 2. The van der Waals surface area contributed by atoms with Crippen LogP contribution < -0.4 is 4.90 Å². The molecule has 182 valence electrons. The van der Waals surface area contributed by atoms with Gasteiger partial charge in [-0.1, -0.05) is 46.2 Å². The lowest BCUT2D eigenvalue weighted by Crippen LogP contribution is -2.52. The van der Waals surface area contributed by atoms with E-state index in [0.717, 1.165) is 71.1 Å². The summed E-state index contributed by atoms with van der Waals surface area (Å²) in [5, 5.41) is 8.58. The van der Waals surface area contributed by atoms with Crippen LogP contribution in [0.25, 0.3) is 10.9 Å². The number of anilines is 1. The summed E-state index contributed by atoms with van der Waals surface area (Å²) in [4.78, 5) is 22.8. The first-order valence-corrected chi connectivity index (χ1v) is 13.2. The highest BCUT2D eigenvalue weighted by molar-refractivity contribution is 6.20.